The van der Waals surface area contributed by atoms with Crippen molar-refractivity contribution in [3.8, 4) is 0 Å². The molecule has 5 nitrogen and oxygen atoms in total. The van der Waals surface area contributed by atoms with E-state index in [0.717, 1.165) is 25.3 Å². The molecule has 0 saturated carbocycles. The Labute approximate surface area is 115 Å². The van der Waals surface area contributed by atoms with E-state index in [0.29, 0.717) is 5.95 Å². The highest BCUT2D eigenvalue weighted by atomic mass is 19.4. The number of aromatic nitrogens is 2. The van der Waals surface area contributed by atoms with Crippen LogP contribution in [0.1, 0.15) is 19.3 Å². The molecular formula is C12H18F3N5. The Kier molecular flexibility index (Phi) is 4.64. The van der Waals surface area contributed by atoms with Gasteiger partial charge in [-0.15, -0.1) is 0 Å². The Hall–Kier alpha value is -1.57. The van der Waals surface area contributed by atoms with Crippen LogP contribution < -0.4 is 16.0 Å². The Balaban J connectivity index is 1.84. The van der Waals surface area contributed by atoms with Gasteiger partial charge >= 0.3 is 6.18 Å². The Morgan fingerprint density at radius 1 is 1.45 bits per heavy atom. The number of rotatable bonds is 5. The molecule has 0 radical (unpaired) electrons. The zero-order valence-electron chi connectivity index (χ0n) is 11.0. The highest BCUT2D eigenvalue weighted by Crippen LogP contribution is 2.21. The van der Waals surface area contributed by atoms with Gasteiger partial charge in [-0.1, -0.05) is 0 Å². The molecule has 2 heterocycles. The maximum atomic E-state index is 12.0. The SMILES string of the molecule is NC1CCN(c2ccnc(NCCCC(F)(F)F)n2)C1. The Morgan fingerprint density at radius 2 is 2.25 bits per heavy atom. The van der Waals surface area contributed by atoms with Crippen molar-refractivity contribution in [1.82, 2.24) is 9.97 Å². The summed E-state index contributed by atoms with van der Waals surface area (Å²) in [4.78, 5) is 10.3. The summed E-state index contributed by atoms with van der Waals surface area (Å²) in [5.41, 5.74) is 5.83. The van der Waals surface area contributed by atoms with Gasteiger partial charge in [0.25, 0.3) is 0 Å². The van der Waals surface area contributed by atoms with Gasteiger partial charge in [0.05, 0.1) is 0 Å². The Morgan fingerprint density at radius 3 is 2.90 bits per heavy atom. The largest absolute Gasteiger partial charge is 0.389 e. The van der Waals surface area contributed by atoms with Gasteiger partial charge in [-0.05, 0) is 18.9 Å². The van der Waals surface area contributed by atoms with Gasteiger partial charge in [0.15, 0.2) is 0 Å². The molecule has 1 aliphatic rings. The van der Waals surface area contributed by atoms with E-state index in [1.54, 1.807) is 12.3 Å². The van der Waals surface area contributed by atoms with Gasteiger partial charge in [0, 0.05) is 38.3 Å². The van der Waals surface area contributed by atoms with Gasteiger partial charge in [-0.3, -0.25) is 0 Å². The summed E-state index contributed by atoms with van der Waals surface area (Å²) in [6.07, 6.45) is -2.40. The van der Waals surface area contributed by atoms with Crippen molar-refractivity contribution in [2.45, 2.75) is 31.5 Å². The number of hydrogen-bond donors (Lipinski definition) is 2. The second kappa shape index (κ2) is 6.25. The molecule has 0 aliphatic carbocycles. The maximum Gasteiger partial charge on any atom is 0.389 e. The van der Waals surface area contributed by atoms with Gasteiger partial charge in [0.1, 0.15) is 5.82 Å². The van der Waals surface area contributed by atoms with E-state index in [9.17, 15) is 13.2 Å². The summed E-state index contributed by atoms with van der Waals surface area (Å²) in [5, 5.41) is 2.81. The van der Waals surface area contributed by atoms with E-state index in [-0.39, 0.29) is 19.0 Å². The Bertz CT molecular complexity index is 437. The average molecular weight is 289 g/mol. The molecular weight excluding hydrogens is 271 g/mol. The molecule has 1 fully saturated rings. The van der Waals surface area contributed by atoms with Gasteiger partial charge in [-0.25, -0.2) is 4.98 Å². The number of hydrogen-bond acceptors (Lipinski definition) is 5. The molecule has 3 N–H and O–H groups in total. The fraction of sp³-hybridized carbons (Fsp3) is 0.667. The van der Waals surface area contributed by atoms with Crippen molar-refractivity contribution in [3.63, 3.8) is 0 Å². The highest BCUT2D eigenvalue weighted by Gasteiger charge is 2.26. The molecule has 1 saturated heterocycles. The summed E-state index contributed by atoms with van der Waals surface area (Å²) in [7, 11) is 0. The minimum absolute atomic E-state index is 0.00563. The van der Waals surface area contributed by atoms with Crippen LogP contribution >= 0.6 is 0 Å². The lowest BCUT2D eigenvalue weighted by molar-refractivity contribution is -0.134. The van der Waals surface area contributed by atoms with Crippen LogP contribution in [0.25, 0.3) is 0 Å². The standard InChI is InChI=1S/C12H18F3N5/c13-12(14,15)4-1-5-17-11-18-6-2-10(19-11)20-7-3-9(16)8-20/h2,6,9H,1,3-5,7-8,16H2,(H,17,18,19). The van der Waals surface area contributed by atoms with Crippen molar-refractivity contribution < 1.29 is 13.2 Å². The van der Waals surface area contributed by atoms with E-state index in [4.69, 9.17) is 5.73 Å². The smallest absolute Gasteiger partial charge is 0.355 e. The van der Waals surface area contributed by atoms with Crippen LogP contribution in [0.5, 0.6) is 0 Å². The van der Waals surface area contributed by atoms with Crippen molar-refractivity contribution in [3.05, 3.63) is 12.3 Å². The molecule has 8 heteroatoms. The van der Waals surface area contributed by atoms with Gasteiger partial charge in [0.2, 0.25) is 5.95 Å². The molecule has 0 spiro atoms. The molecule has 1 aromatic heterocycles. The quantitative estimate of drug-likeness (QED) is 0.809. The first kappa shape index (κ1) is 14.8. The number of alkyl halides is 3. The summed E-state index contributed by atoms with van der Waals surface area (Å²) >= 11 is 0. The third-order valence-electron chi connectivity index (χ3n) is 3.11. The van der Waals surface area contributed by atoms with Crippen LogP contribution in [0, 0.1) is 0 Å². The summed E-state index contributed by atoms with van der Waals surface area (Å²) in [5.74, 6) is 1.11. The number of nitrogens with one attached hydrogen (secondary N) is 1. The van der Waals surface area contributed by atoms with Crippen molar-refractivity contribution in [1.29, 1.82) is 0 Å². The summed E-state index contributed by atoms with van der Waals surface area (Å²) in [6.45, 7) is 1.78. The first-order valence-corrected chi connectivity index (χ1v) is 6.58. The number of halogens is 3. The van der Waals surface area contributed by atoms with E-state index >= 15 is 0 Å². The zero-order valence-corrected chi connectivity index (χ0v) is 11.0. The molecule has 0 bridgehead atoms. The van der Waals surface area contributed by atoms with E-state index in [2.05, 4.69) is 15.3 Å². The topological polar surface area (TPSA) is 67.1 Å². The van der Waals surface area contributed by atoms with Crippen LogP contribution in [-0.2, 0) is 0 Å². The van der Waals surface area contributed by atoms with E-state index in [1.165, 1.54) is 0 Å². The number of anilines is 2. The minimum atomic E-state index is -4.12. The van der Waals surface area contributed by atoms with E-state index < -0.39 is 12.6 Å². The number of nitrogens with zero attached hydrogens (tertiary/aromatic N) is 3. The predicted octanol–water partition coefficient (Wildman–Crippen LogP) is 1.77. The summed E-state index contributed by atoms with van der Waals surface area (Å²) in [6, 6.07) is 1.92. The molecule has 2 rings (SSSR count). The van der Waals surface area contributed by atoms with Gasteiger partial charge < -0.3 is 16.0 Å². The van der Waals surface area contributed by atoms with Crippen LogP contribution in [0.15, 0.2) is 12.3 Å². The molecule has 0 aromatic carbocycles. The number of nitrogens with two attached hydrogens (primary N) is 1. The van der Waals surface area contributed by atoms with Crippen molar-refractivity contribution in [2.75, 3.05) is 29.9 Å². The fourth-order valence-corrected chi connectivity index (χ4v) is 2.09. The lowest BCUT2D eigenvalue weighted by Gasteiger charge is -2.17. The highest BCUT2D eigenvalue weighted by molar-refractivity contribution is 5.43. The van der Waals surface area contributed by atoms with Crippen LogP contribution in [0.2, 0.25) is 0 Å². The fourth-order valence-electron chi connectivity index (χ4n) is 2.09. The van der Waals surface area contributed by atoms with Gasteiger partial charge in [-0.2, -0.15) is 18.2 Å². The lowest BCUT2D eigenvalue weighted by Crippen LogP contribution is -2.27. The molecule has 1 aliphatic heterocycles. The van der Waals surface area contributed by atoms with E-state index in [1.807, 2.05) is 4.90 Å². The third kappa shape index (κ3) is 4.52. The minimum Gasteiger partial charge on any atom is -0.355 e. The molecule has 1 unspecified atom stereocenters. The maximum absolute atomic E-state index is 12.0. The van der Waals surface area contributed by atoms with Crippen LogP contribution in [0.4, 0.5) is 24.9 Å². The third-order valence-corrected chi connectivity index (χ3v) is 3.11. The molecule has 1 aromatic rings. The van der Waals surface area contributed by atoms with Crippen molar-refractivity contribution in [2.24, 2.45) is 5.73 Å². The lowest BCUT2D eigenvalue weighted by atomic mass is 10.3. The second-order valence-electron chi connectivity index (χ2n) is 4.88. The van der Waals surface area contributed by atoms with Crippen LogP contribution in [0.3, 0.4) is 0 Å². The average Bonchev–Trinajstić information content (AvgIpc) is 2.81. The summed E-state index contributed by atoms with van der Waals surface area (Å²) < 4.78 is 36.0. The van der Waals surface area contributed by atoms with Crippen LogP contribution in [-0.4, -0.2) is 41.8 Å². The molecule has 112 valence electrons. The molecule has 1 atom stereocenters. The monoisotopic (exact) mass is 289 g/mol. The predicted molar refractivity (Wildman–Crippen MR) is 70.6 cm³/mol. The zero-order chi connectivity index (χ0) is 14.6. The second-order valence-corrected chi connectivity index (χ2v) is 4.88. The molecule has 20 heavy (non-hydrogen) atoms. The first-order valence-electron chi connectivity index (χ1n) is 6.58. The normalized spacial score (nSPS) is 19.4. The first-order chi connectivity index (χ1) is 9.44. The molecule has 0 amide bonds. The van der Waals surface area contributed by atoms with Crippen molar-refractivity contribution >= 4 is 11.8 Å².